The van der Waals surface area contributed by atoms with Crippen LogP contribution in [0.3, 0.4) is 0 Å². The molecule has 0 aliphatic heterocycles. The molecule has 0 aliphatic carbocycles. The lowest BCUT2D eigenvalue weighted by Crippen LogP contribution is -2.03. The monoisotopic (exact) mass is 328 g/mol. The zero-order chi connectivity index (χ0) is 17.1. The van der Waals surface area contributed by atoms with E-state index < -0.39 is 0 Å². The second kappa shape index (κ2) is 6.57. The molecule has 0 aliphatic rings. The second-order valence-corrected chi connectivity index (χ2v) is 5.57. The summed E-state index contributed by atoms with van der Waals surface area (Å²) in [6.45, 7) is 1.87. The molecular weight excluding hydrogens is 312 g/mol. The van der Waals surface area contributed by atoms with Crippen molar-refractivity contribution in [3.05, 3.63) is 78.8 Å². The lowest BCUT2D eigenvalue weighted by Gasteiger charge is -2.08. The highest BCUT2D eigenvalue weighted by Crippen LogP contribution is 2.27. The summed E-state index contributed by atoms with van der Waals surface area (Å²) in [4.78, 5) is 9.22. The highest BCUT2D eigenvalue weighted by Gasteiger charge is 2.09. The first kappa shape index (κ1) is 15.1. The number of fused-ring (bicyclic) bond motifs is 1. The number of nitrogens with zero attached hydrogens (tertiary/aromatic N) is 3. The van der Waals surface area contributed by atoms with Crippen LogP contribution in [0.25, 0.3) is 22.2 Å². The Labute approximate surface area is 145 Å². The Bertz CT molecular complexity index is 1020. The van der Waals surface area contributed by atoms with Gasteiger partial charge in [0.25, 0.3) is 0 Å². The van der Waals surface area contributed by atoms with Gasteiger partial charge in [0.15, 0.2) is 0 Å². The van der Waals surface area contributed by atoms with Crippen LogP contribution in [-0.4, -0.2) is 15.7 Å². The number of benzene rings is 2. The van der Waals surface area contributed by atoms with Crippen molar-refractivity contribution in [3.63, 3.8) is 0 Å². The van der Waals surface area contributed by atoms with Crippen LogP contribution in [0.1, 0.15) is 12.7 Å². The molecule has 0 saturated carbocycles. The molecule has 25 heavy (non-hydrogen) atoms. The van der Waals surface area contributed by atoms with Crippen molar-refractivity contribution in [2.24, 2.45) is 5.10 Å². The summed E-state index contributed by atoms with van der Waals surface area (Å²) in [5.41, 5.74) is 6.44. The minimum absolute atomic E-state index is 0.448. The van der Waals surface area contributed by atoms with Crippen LogP contribution in [0, 0.1) is 0 Å². The van der Waals surface area contributed by atoms with Gasteiger partial charge in [-0.25, -0.2) is 15.4 Å². The SMILES string of the molecule is C/C(=N/Nc1nc(-c2ccccc2)c2ccccc2n1)c1ccco1. The number of hydrazone groups is 1. The highest BCUT2D eigenvalue weighted by atomic mass is 16.3. The zero-order valence-corrected chi connectivity index (χ0v) is 13.7. The molecule has 2 heterocycles. The zero-order valence-electron chi connectivity index (χ0n) is 13.7. The van der Waals surface area contributed by atoms with Gasteiger partial charge in [-0.2, -0.15) is 5.10 Å². The van der Waals surface area contributed by atoms with E-state index in [9.17, 15) is 0 Å². The first-order valence-corrected chi connectivity index (χ1v) is 7.97. The molecule has 4 aromatic rings. The van der Waals surface area contributed by atoms with Gasteiger partial charge in [-0.05, 0) is 25.1 Å². The lowest BCUT2D eigenvalue weighted by atomic mass is 10.1. The smallest absolute Gasteiger partial charge is 0.244 e. The number of hydrogen-bond donors (Lipinski definition) is 1. The van der Waals surface area contributed by atoms with Crippen molar-refractivity contribution < 1.29 is 4.42 Å². The van der Waals surface area contributed by atoms with Crippen molar-refractivity contribution in [1.29, 1.82) is 0 Å². The number of hydrogen-bond acceptors (Lipinski definition) is 5. The van der Waals surface area contributed by atoms with E-state index in [1.165, 1.54) is 0 Å². The maximum Gasteiger partial charge on any atom is 0.244 e. The molecule has 1 N–H and O–H groups in total. The lowest BCUT2D eigenvalue weighted by molar-refractivity contribution is 0.557. The summed E-state index contributed by atoms with van der Waals surface area (Å²) >= 11 is 0. The van der Waals surface area contributed by atoms with Crippen molar-refractivity contribution in [2.75, 3.05) is 5.43 Å². The van der Waals surface area contributed by atoms with Gasteiger partial charge in [0.1, 0.15) is 11.5 Å². The number of para-hydroxylation sites is 1. The molecule has 0 bridgehead atoms. The van der Waals surface area contributed by atoms with Crippen LogP contribution in [0.4, 0.5) is 5.95 Å². The second-order valence-electron chi connectivity index (χ2n) is 5.57. The quantitative estimate of drug-likeness (QED) is 0.435. The average Bonchev–Trinajstić information content (AvgIpc) is 3.21. The Morgan fingerprint density at radius 1 is 0.920 bits per heavy atom. The normalized spacial score (nSPS) is 11.6. The fourth-order valence-electron chi connectivity index (χ4n) is 2.62. The standard InChI is InChI=1S/C20H16N4O/c1-14(18-12-7-13-25-18)23-24-20-21-17-11-6-5-10-16(17)19(22-20)15-8-3-2-4-9-15/h2-13H,1H3,(H,21,22,24)/b23-14-. The van der Waals surface area contributed by atoms with E-state index in [4.69, 9.17) is 4.42 Å². The van der Waals surface area contributed by atoms with Crippen LogP contribution < -0.4 is 5.43 Å². The third kappa shape index (κ3) is 3.12. The molecule has 0 spiro atoms. The van der Waals surface area contributed by atoms with Crippen molar-refractivity contribution in [3.8, 4) is 11.3 Å². The third-order valence-electron chi connectivity index (χ3n) is 3.85. The Hall–Kier alpha value is -3.47. The van der Waals surface area contributed by atoms with Crippen LogP contribution in [0.2, 0.25) is 0 Å². The fraction of sp³-hybridized carbons (Fsp3) is 0.0500. The Morgan fingerprint density at radius 3 is 2.52 bits per heavy atom. The van der Waals surface area contributed by atoms with Gasteiger partial charge in [-0.3, -0.25) is 0 Å². The molecule has 0 radical (unpaired) electrons. The van der Waals surface area contributed by atoms with Gasteiger partial charge in [0.2, 0.25) is 5.95 Å². The molecule has 0 atom stereocenters. The van der Waals surface area contributed by atoms with E-state index >= 15 is 0 Å². The van der Waals surface area contributed by atoms with Gasteiger partial charge in [-0.15, -0.1) is 0 Å². The first-order valence-electron chi connectivity index (χ1n) is 7.97. The van der Waals surface area contributed by atoms with Crippen LogP contribution in [-0.2, 0) is 0 Å². The van der Waals surface area contributed by atoms with Gasteiger partial charge >= 0.3 is 0 Å². The Morgan fingerprint density at radius 2 is 1.72 bits per heavy atom. The molecule has 4 rings (SSSR count). The van der Waals surface area contributed by atoms with E-state index in [1.54, 1.807) is 6.26 Å². The van der Waals surface area contributed by atoms with Crippen molar-refractivity contribution >= 4 is 22.6 Å². The van der Waals surface area contributed by atoms with E-state index in [-0.39, 0.29) is 0 Å². The fourth-order valence-corrected chi connectivity index (χ4v) is 2.62. The molecule has 2 aromatic carbocycles. The molecule has 122 valence electrons. The van der Waals surface area contributed by atoms with E-state index in [0.29, 0.717) is 11.7 Å². The summed E-state index contributed by atoms with van der Waals surface area (Å²) in [6, 6.07) is 21.7. The molecule has 5 heteroatoms. The predicted molar refractivity (Wildman–Crippen MR) is 99.5 cm³/mol. The topological polar surface area (TPSA) is 63.3 Å². The third-order valence-corrected chi connectivity index (χ3v) is 3.85. The minimum atomic E-state index is 0.448. The summed E-state index contributed by atoms with van der Waals surface area (Å²) in [5.74, 6) is 1.15. The first-order chi connectivity index (χ1) is 12.3. The number of nitrogens with one attached hydrogen (secondary N) is 1. The summed E-state index contributed by atoms with van der Waals surface area (Å²) < 4.78 is 5.34. The number of furan rings is 1. The average molecular weight is 328 g/mol. The van der Waals surface area contributed by atoms with Gasteiger partial charge in [-0.1, -0.05) is 48.5 Å². The van der Waals surface area contributed by atoms with Crippen LogP contribution in [0.5, 0.6) is 0 Å². The van der Waals surface area contributed by atoms with Gasteiger partial charge < -0.3 is 4.42 Å². The molecular formula is C20H16N4O. The highest BCUT2D eigenvalue weighted by molar-refractivity contribution is 5.96. The molecule has 2 aromatic heterocycles. The molecule has 5 nitrogen and oxygen atoms in total. The van der Waals surface area contributed by atoms with Crippen LogP contribution in [0.15, 0.2) is 82.5 Å². The van der Waals surface area contributed by atoms with Crippen molar-refractivity contribution in [1.82, 2.24) is 9.97 Å². The molecule has 0 fully saturated rings. The van der Waals surface area contributed by atoms with E-state index in [0.717, 1.165) is 27.9 Å². The Balaban J connectivity index is 1.76. The Kier molecular flexibility index (Phi) is 3.96. The summed E-state index contributed by atoms with van der Waals surface area (Å²) in [6.07, 6.45) is 1.62. The molecule has 0 amide bonds. The maximum absolute atomic E-state index is 5.34. The van der Waals surface area contributed by atoms with E-state index in [1.807, 2.05) is 73.7 Å². The number of anilines is 1. The minimum Gasteiger partial charge on any atom is -0.463 e. The predicted octanol–water partition coefficient (Wildman–Crippen LogP) is 4.73. The van der Waals surface area contributed by atoms with Gasteiger partial charge in [0.05, 0.1) is 17.5 Å². The number of rotatable bonds is 4. The van der Waals surface area contributed by atoms with Crippen molar-refractivity contribution in [2.45, 2.75) is 6.92 Å². The van der Waals surface area contributed by atoms with Gasteiger partial charge in [0, 0.05) is 10.9 Å². The summed E-state index contributed by atoms with van der Waals surface area (Å²) in [5, 5.41) is 5.33. The largest absolute Gasteiger partial charge is 0.463 e. The summed E-state index contributed by atoms with van der Waals surface area (Å²) in [7, 11) is 0. The number of aromatic nitrogens is 2. The van der Waals surface area contributed by atoms with E-state index in [2.05, 4.69) is 20.5 Å². The maximum atomic E-state index is 5.34. The molecule has 0 unspecified atom stereocenters. The molecule has 0 saturated heterocycles. The van der Waals surface area contributed by atoms with Crippen LogP contribution >= 0.6 is 0 Å².